The number of furan rings is 1. The molecule has 2 N–H and O–H groups in total. The van der Waals surface area contributed by atoms with Crippen LogP contribution in [0.3, 0.4) is 0 Å². The molecule has 2 aromatic heterocycles. The minimum Gasteiger partial charge on any atom is -0.467 e. The van der Waals surface area contributed by atoms with Crippen LogP contribution in [0.5, 0.6) is 0 Å². The number of hydrogen-bond acceptors (Lipinski definition) is 3. The van der Waals surface area contributed by atoms with Crippen molar-refractivity contribution in [3.8, 4) is 0 Å². The Morgan fingerprint density at radius 1 is 1.40 bits per heavy atom. The van der Waals surface area contributed by atoms with E-state index in [4.69, 9.17) is 4.42 Å². The number of carbonyl (C=O) groups is 1. The zero-order valence-electron chi connectivity index (χ0n) is 11.1. The highest BCUT2D eigenvalue weighted by Crippen LogP contribution is 2.14. The number of fused-ring (bicyclic) bond motifs is 1. The SMILES string of the molecule is CCc1nc2ccc(C(=O)NCc3ccco3)cc2[nH]1. The predicted molar refractivity (Wildman–Crippen MR) is 75.3 cm³/mol. The van der Waals surface area contributed by atoms with Gasteiger partial charge in [0.2, 0.25) is 0 Å². The lowest BCUT2D eigenvalue weighted by Gasteiger charge is -2.03. The first kappa shape index (κ1) is 12.5. The fourth-order valence-electron chi connectivity index (χ4n) is 2.05. The molecule has 3 aromatic rings. The molecule has 5 nitrogen and oxygen atoms in total. The van der Waals surface area contributed by atoms with Gasteiger partial charge in [0.1, 0.15) is 11.6 Å². The second-order valence-corrected chi connectivity index (χ2v) is 4.53. The Kier molecular flexibility index (Phi) is 3.25. The average molecular weight is 269 g/mol. The Bertz CT molecular complexity index is 729. The first-order valence-electron chi connectivity index (χ1n) is 6.55. The fraction of sp³-hybridized carbons (Fsp3) is 0.200. The predicted octanol–water partition coefficient (Wildman–Crippen LogP) is 2.65. The van der Waals surface area contributed by atoms with Gasteiger partial charge in [-0.3, -0.25) is 4.79 Å². The number of carbonyl (C=O) groups excluding carboxylic acids is 1. The summed E-state index contributed by atoms with van der Waals surface area (Å²) in [6, 6.07) is 9.07. The second-order valence-electron chi connectivity index (χ2n) is 4.53. The van der Waals surface area contributed by atoms with E-state index in [2.05, 4.69) is 15.3 Å². The van der Waals surface area contributed by atoms with Gasteiger partial charge in [-0.05, 0) is 30.3 Å². The van der Waals surface area contributed by atoms with Crippen molar-refractivity contribution in [3.63, 3.8) is 0 Å². The summed E-state index contributed by atoms with van der Waals surface area (Å²) in [6.45, 7) is 2.42. The molecule has 1 amide bonds. The zero-order chi connectivity index (χ0) is 13.9. The summed E-state index contributed by atoms with van der Waals surface area (Å²) in [4.78, 5) is 19.7. The number of nitrogens with one attached hydrogen (secondary N) is 2. The molecule has 0 fully saturated rings. The lowest BCUT2D eigenvalue weighted by Crippen LogP contribution is -2.22. The maximum absolute atomic E-state index is 12.1. The van der Waals surface area contributed by atoms with Crippen LogP contribution in [-0.2, 0) is 13.0 Å². The molecule has 0 unspecified atom stereocenters. The van der Waals surface area contributed by atoms with Crippen LogP contribution in [0.1, 0.15) is 28.9 Å². The number of hydrogen-bond donors (Lipinski definition) is 2. The molecule has 0 aliphatic carbocycles. The van der Waals surface area contributed by atoms with Crippen LogP contribution in [0, 0.1) is 0 Å². The topological polar surface area (TPSA) is 70.9 Å². The van der Waals surface area contributed by atoms with Gasteiger partial charge in [-0.15, -0.1) is 0 Å². The maximum atomic E-state index is 12.1. The standard InChI is InChI=1S/C15H15N3O2/c1-2-14-17-12-6-5-10(8-13(12)18-14)15(19)16-9-11-4-3-7-20-11/h3-8H,2,9H2,1H3,(H,16,19)(H,17,18). The first-order valence-corrected chi connectivity index (χ1v) is 6.55. The van der Waals surface area contributed by atoms with Crippen molar-refractivity contribution in [2.75, 3.05) is 0 Å². The highest BCUT2D eigenvalue weighted by molar-refractivity contribution is 5.97. The van der Waals surface area contributed by atoms with Gasteiger partial charge in [0.25, 0.3) is 5.91 Å². The number of aromatic nitrogens is 2. The third-order valence-electron chi connectivity index (χ3n) is 3.13. The smallest absolute Gasteiger partial charge is 0.251 e. The number of aryl methyl sites for hydroxylation is 1. The number of benzene rings is 1. The normalized spacial score (nSPS) is 10.8. The molecular weight excluding hydrogens is 254 g/mol. The van der Waals surface area contributed by atoms with Crippen molar-refractivity contribution in [1.29, 1.82) is 0 Å². The van der Waals surface area contributed by atoms with Gasteiger partial charge < -0.3 is 14.7 Å². The number of aromatic amines is 1. The molecule has 0 saturated heterocycles. The van der Waals surface area contributed by atoms with Crippen molar-refractivity contribution in [2.24, 2.45) is 0 Å². The molecule has 0 atom stereocenters. The van der Waals surface area contributed by atoms with Crippen molar-refractivity contribution in [2.45, 2.75) is 19.9 Å². The Morgan fingerprint density at radius 3 is 3.05 bits per heavy atom. The molecule has 102 valence electrons. The van der Waals surface area contributed by atoms with Gasteiger partial charge in [-0.1, -0.05) is 6.92 Å². The van der Waals surface area contributed by atoms with E-state index < -0.39 is 0 Å². The van der Waals surface area contributed by atoms with E-state index in [1.165, 1.54) is 0 Å². The van der Waals surface area contributed by atoms with Crippen LogP contribution >= 0.6 is 0 Å². The number of imidazole rings is 1. The molecule has 0 saturated carbocycles. The number of H-pyrrole nitrogens is 1. The van der Waals surface area contributed by atoms with Crippen molar-refractivity contribution in [3.05, 3.63) is 53.7 Å². The number of nitrogens with zero attached hydrogens (tertiary/aromatic N) is 1. The molecule has 0 spiro atoms. The monoisotopic (exact) mass is 269 g/mol. The van der Waals surface area contributed by atoms with Gasteiger partial charge in [-0.2, -0.15) is 0 Å². The lowest BCUT2D eigenvalue weighted by molar-refractivity contribution is 0.0948. The van der Waals surface area contributed by atoms with Crippen LogP contribution in [0.2, 0.25) is 0 Å². The molecule has 3 rings (SSSR count). The quantitative estimate of drug-likeness (QED) is 0.765. The van der Waals surface area contributed by atoms with Crippen LogP contribution in [0.25, 0.3) is 11.0 Å². The summed E-state index contributed by atoms with van der Waals surface area (Å²) in [7, 11) is 0. The van der Waals surface area contributed by atoms with Crippen LogP contribution < -0.4 is 5.32 Å². The van der Waals surface area contributed by atoms with Crippen molar-refractivity contribution < 1.29 is 9.21 Å². The average Bonchev–Trinajstić information content (AvgIpc) is 3.12. The maximum Gasteiger partial charge on any atom is 0.251 e. The summed E-state index contributed by atoms with van der Waals surface area (Å²) in [5.41, 5.74) is 2.37. The third kappa shape index (κ3) is 2.42. The molecule has 20 heavy (non-hydrogen) atoms. The molecule has 0 aliphatic heterocycles. The number of rotatable bonds is 4. The third-order valence-corrected chi connectivity index (χ3v) is 3.13. The second kappa shape index (κ2) is 5.21. The highest BCUT2D eigenvalue weighted by Gasteiger charge is 2.09. The van der Waals surface area contributed by atoms with E-state index in [-0.39, 0.29) is 5.91 Å². The molecule has 2 heterocycles. The summed E-state index contributed by atoms with van der Waals surface area (Å²) in [5, 5.41) is 2.82. The van der Waals surface area contributed by atoms with Gasteiger partial charge in [0, 0.05) is 12.0 Å². The van der Waals surface area contributed by atoms with Crippen molar-refractivity contribution >= 4 is 16.9 Å². The Morgan fingerprint density at radius 2 is 2.30 bits per heavy atom. The van der Waals surface area contributed by atoms with E-state index in [0.29, 0.717) is 12.1 Å². The van der Waals surface area contributed by atoms with Crippen molar-refractivity contribution in [1.82, 2.24) is 15.3 Å². The summed E-state index contributed by atoms with van der Waals surface area (Å²) < 4.78 is 5.18. The summed E-state index contributed by atoms with van der Waals surface area (Å²) in [6.07, 6.45) is 2.43. The molecule has 5 heteroatoms. The molecular formula is C15H15N3O2. The van der Waals surface area contributed by atoms with Crippen LogP contribution in [-0.4, -0.2) is 15.9 Å². The fourth-order valence-corrected chi connectivity index (χ4v) is 2.05. The minimum absolute atomic E-state index is 0.129. The first-order chi connectivity index (χ1) is 9.76. The molecule has 1 aromatic carbocycles. The molecule has 0 bridgehead atoms. The lowest BCUT2D eigenvalue weighted by atomic mass is 10.2. The highest BCUT2D eigenvalue weighted by atomic mass is 16.3. The van der Waals surface area contributed by atoms with Crippen LogP contribution in [0.15, 0.2) is 41.0 Å². The Balaban J connectivity index is 1.77. The molecule has 0 radical (unpaired) electrons. The van der Waals surface area contributed by atoms with E-state index in [9.17, 15) is 4.79 Å². The van der Waals surface area contributed by atoms with E-state index in [1.807, 2.05) is 25.1 Å². The molecule has 0 aliphatic rings. The van der Waals surface area contributed by atoms with Gasteiger partial charge in [0.05, 0.1) is 23.8 Å². The largest absolute Gasteiger partial charge is 0.467 e. The Hall–Kier alpha value is -2.56. The van der Waals surface area contributed by atoms with E-state index in [1.54, 1.807) is 18.4 Å². The number of amides is 1. The summed E-state index contributed by atoms with van der Waals surface area (Å²) >= 11 is 0. The Labute approximate surface area is 116 Å². The van der Waals surface area contributed by atoms with Gasteiger partial charge in [-0.25, -0.2) is 4.98 Å². The van der Waals surface area contributed by atoms with Gasteiger partial charge in [0.15, 0.2) is 0 Å². The van der Waals surface area contributed by atoms with E-state index in [0.717, 1.165) is 29.0 Å². The zero-order valence-corrected chi connectivity index (χ0v) is 11.1. The van der Waals surface area contributed by atoms with Crippen LogP contribution in [0.4, 0.5) is 0 Å². The van der Waals surface area contributed by atoms with E-state index >= 15 is 0 Å². The minimum atomic E-state index is -0.129. The summed E-state index contributed by atoms with van der Waals surface area (Å²) in [5.74, 6) is 1.53. The van der Waals surface area contributed by atoms with Gasteiger partial charge >= 0.3 is 0 Å².